The third-order valence-electron chi connectivity index (χ3n) is 16.4. The third kappa shape index (κ3) is 22.3. The second-order valence-electron chi connectivity index (χ2n) is 26.6. The summed E-state index contributed by atoms with van der Waals surface area (Å²) in [5, 5.41) is 29.2. The summed E-state index contributed by atoms with van der Waals surface area (Å²) in [4.78, 5) is 92.1. The van der Waals surface area contributed by atoms with Crippen LogP contribution in [0.5, 0.6) is 0 Å². The number of ketones is 2. The Kier molecular flexibility index (Phi) is 26.8. The standard InChI is InChI=1S/C16H23BrN2O2.C16H24N2O2.C11H12N2O3.C11H14N2O.C11H16N2.C7H4FNO4/c1-11-8-14-12(9-13(11)17)10-19(7-6-18(14)5)15(20)21-16(2,3)4;1-12-6-7-13-11-18(15(19)20-16(2,3)4)9-8-17(5)14(13)10-12;1-12-6-2-3-11(14)9-5-4-8(13(15)16)7-10(9)12;1-13-6-2-3-11(14)9-5-4-8(12)7-10(9)13;1-13-7-3-2-4-9-5-6-10(12)8-11(9)13;8-6-3-4(9(12)13)1-2-5(6)7(10)11/h8-9H,6-7,10H2,1-5H3;6-7,10H,8-9,11H2,1-5H3;4-5,7H,2-3,6H2,1H3;4-5,7H,2-3,6,12H2,1H3;5-6,8H,2-4,7,12H2,1H3;1-3H,(H,10,11). The van der Waals surface area contributed by atoms with Crippen molar-refractivity contribution in [3.05, 3.63) is 178 Å². The van der Waals surface area contributed by atoms with E-state index in [2.05, 4.69) is 113 Å². The zero-order valence-electron chi connectivity index (χ0n) is 58.0. The minimum Gasteiger partial charge on any atom is -0.478 e. The molecule has 5 N–H and O–H groups in total. The largest absolute Gasteiger partial charge is 0.478 e. The number of nitro groups is 2. The highest BCUT2D eigenvalue weighted by molar-refractivity contribution is 9.10. The maximum Gasteiger partial charge on any atom is 0.410 e. The second-order valence-corrected chi connectivity index (χ2v) is 27.5. The number of aryl methyl sites for hydroxylation is 3. The molecule has 25 heteroatoms. The zero-order chi connectivity index (χ0) is 71.8. The number of carbonyl (C=O) groups excluding carboxylic acids is 4. The van der Waals surface area contributed by atoms with Gasteiger partial charge in [-0.05, 0) is 176 Å². The van der Waals surface area contributed by atoms with E-state index in [4.69, 9.17) is 26.0 Å². The van der Waals surface area contributed by atoms with E-state index in [0.717, 1.165) is 84.7 Å². The van der Waals surface area contributed by atoms with Crippen LogP contribution in [0.15, 0.2) is 108 Å². The number of non-ortho nitro benzene ring substituents is 2. The van der Waals surface area contributed by atoms with Gasteiger partial charge in [-0.3, -0.25) is 29.8 Å². The molecule has 2 amide bonds. The first kappa shape index (κ1) is 76.5. The number of halogens is 2. The lowest BCUT2D eigenvalue weighted by Crippen LogP contribution is -2.38. The van der Waals surface area contributed by atoms with Gasteiger partial charge in [0.05, 0.1) is 40.3 Å². The Balaban J connectivity index is 0.000000186. The van der Waals surface area contributed by atoms with Crippen LogP contribution in [0.4, 0.5) is 65.2 Å². The molecule has 0 atom stereocenters. The van der Waals surface area contributed by atoms with Gasteiger partial charge in [-0.25, -0.2) is 18.8 Å². The van der Waals surface area contributed by atoms with Gasteiger partial charge in [0.1, 0.15) is 17.0 Å². The number of anilines is 7. The quantitative estimate of drug-likeness (QED) is 0.0843. The van der Waals surface area contributed by atoms with Crippen LogP contribution in [0.3, 0.4) is 0 Å². The summed E-state index contributed by atoms with van der Waals surface area (Å²) in [5.74, 6) is -2.27. The fourth-order valence-corrected chi connectivity index (χ4v) is 11.5. The summed E-state index contributed by atoms with van der Waals surface area (Å²) in [6.45, 7) is 22.5. The van der Waals surface area contributed by atoms with Crippen LogP contribution in [0.25, 0.3) is 0 Å². The van der Waals surface area contributed by atoms with Crippen molar-refractivity contribution in [2.45, 2.75) is 125 Å². The predicted octanol–water partition coefficient (Wildman–Crippen LogP) is 14.3. The Morgan fingerprint density at radius 2 is 0.948 bits per heavy atom. The number of hydrogen-bond acceptors (Lipinski definition) is 18. The van der Waals surface area contributed by atoms with Crippen molar-refractivity contribution in [3.8, 4) is 0 Å². The number of aromatic carboxylic acids is 1. The Morgan fingerprint density at radius 3 is 1.47 bits per heavy atom. The first-order chi connectivity index (χ1) is 45.5. The number of Topliss-reactive ketones (excluding diaryl/α,β-unsaturated/α-hetero) is 2. The zero-order valence-corrected chi connectivity index (χ0v) is 59.6. The first-order valence-corrected chi connectivity index (χ1v) is 33.0. The van der Waals surface area contributed by atoms with Gasteiger partial charge in [-0.15, -0.1) is 0 Å². The number of nitro benzene ring substituents is 2. The van der Waals surface area contributed by atoms with Gasteiger partial charge in [-0.2, -0.15) is 0 Å². The predicted molar refractivity (Wildman–Crippen MR) is 385 cm³/mol. The van der Waals surface area contributed by atoms with Crippen molar-refractivity contribution in [1.82, 2.24) is 9.80 Å². The van der Waals surface area contributed by atoms with E-state index in [1.165, 1.54) is 70.7 Å². The van der Waals surface area contributed by atoms with Crippen LogP contribution in [0.1, 0.15) is 139 Å². The van der Waals surface area contributed by atoms with Gasteiger partial charge in [0, 0.05) is 162 Å². The molecule has 0 saturated carbocycles. The number of nitrogen functional groups attached to an aromatic ring is 2. The van der Waals surface area contributed by atoms with E-state index in [9.17, 15) is 48.6 Å². The number of hydrogen-bond donors (Lipinski definition) is 3. The number of ether oxygens (including phenoxy) is 2. The molecular weight excluding hydrogens is 1310 g/mol. The molecule has 6 aromatic rings. The minimum atomic E-state index is -1.45. The van der Waals surface area contributed by atoms with Gasteiger partial charge in [0.25, 0.3) is 11.4 Å². The molecule has 0 spiro atoms. The van der Waals surface area contributed by atoms with E-state index in [1.807, 2.05) is 78.7 Å². The smallest absolute Gasteiger partial charge is 0.410 e. The number of nitrogens with two attached hydrogens (primary N) is 2. The SMILES string of the molecule is CN1CCCC(=O)c2ccc(N)cc21.CN1CCCC(=O)c2ccc([N+](=O)[O-])cc21.CN1CCCCc2ccc(N)cc21.Cc1cc2c(cc1Br)CN(C(=O)OC(C)(C)C)CCN2C.Cc1ccc2c(c1)N(C)CCN(C(=O)OC(C)(C)C)C2.O=C(O)c1ccc([N+](=O)[O-])cc1F. The fourth-order valence-electron chi connectivity index (χ4n) is 11.1. The highest BCUT2D eigenvalue weighted by atomic mass is 79.9. The summed E-state index contributed by atoms with van der Waals surface area (Å²) in [6.07, 6.45) is 6.14. The number of carboxylic acid groups (broad SMARTS) is 1. The van der Waals surface area contributed by atoms with Crippen molar-refractivity contribution >= 4 is 96.8 Å². The highest BCUT2D eigenvalue weighted by Gasteiger charge is 2.29. The van der Waals surface area contributed by atoms with Crippen molar-refractivity contribution in [3.63, 3.8) is 0 Å². The number of fused-ring (bicyclic) bond motifs is 5. The Labute approximate surface area is 576 Å². The molecule has 0 unspecified atom stereocenters. The third-order valence-corrected chi connectivity index (χ3v) is 17.3. The van der Waals surface area contributed by atoms with Gasteiger partial charge in [0.15, 0.2) is 11.6 Å². The number of rotatable bonds is 3. The van der Waals surface area contributed by atoms with Crippen molar-refractivity contribution < 1.29 is 52.8 Å². The number of carboxylic acids is 1. The van der Waals surface area contributed by atoms with Gasteiger partial charge >= 0.3 is 18.2 Å². The summed E-state index contributed by atoms with van der Waals surface area (Å²) in [7, 11) is 10.1. The van der Waals surface area contributed by atoms with E-state index in [1.54, 1.807) is 21.9 Å². The molecular formula is C72H93BrFN11O12. The fraction of sp³-hybridized carbons (Fsp3) is 0.431. The Morgan fingerprint density at radius 1 is 0.515 bits per heavy atom. The van der Waals surface area contributed by atoms with Gasteiger partial charge in [0.2, 0.25) is 0 Å². The molecule has 0 aliphatic carbocycles. The second kappa shape index (κ2) is 33.9. The molecule has 5 heterocycles. The topological polar surface area (TPSA) is 285 Å². The highest BCUT2D eigenvalue weighted by Crippen LogP contribution is 2.34. The average molecular weight is 1400 g/mol. The first-order valence-electron chi connectivity index (χ1n) is 32.2. The molecule has 0 bridgehead atoms. The maximum absolute atomic E-state index is 12.8. The molecule has 5 aliphatic heterocycles. The number of nitrogens with zero attached hydrogens (tertiary/aromatic N) is 9. The van der Waals surface area contributed by atoms with Crippen molar-refractivity contribution in [1.29, 1.82) is 0 Å². The van der Waals surface area contributed by atoms with E-state index in [0.29, 0.717) is 62.0 Å². The molecule has 522 valence electrons. The molecule has 11 rings (SSSR count). The van der Waals surface area contributed by atoms with E-state index < -0.39 is 44.1 Å². The Hall–Kier alpha value is -9.52. The van der Waals surface area contributed by atoms with Crippen LogP contribution in [0.2, 0.25) is 0 Å². The van der Waals surface area contributed by atoms with Crippen LogP contribution >= 0.6 is 15.9 Å². The molecule has 0 saturated heterocycles. The number of amides is 2. The van der Waals surface area contributed by atoms with E-state index in [-0.39, 0.29) is 29.4 Å². The molecule has 5 aliphatic rings. The molecule has 97 heavy (non-hydrogen) atoms. The summed E-state index contributed by atoms with van der Waals surface area (Å²) in [6, 6.07) is 29.1. The maximum atomic E-state index is 12.8. The summed E-state index contributed by atoms with van der Waals surface area (Å²) in [5.41, 5.74) is 24.0. The minimum absolute atomic E-state index is 0.0281. The van der Waals surface area contributed by atoms with Crippen LogP contribution in [-0.4, -0.2) is 147 Å². The summed E-state index contributed by atoms with van der Waals surface area (Å²) >= 11 is 3.57. The molecule has 0 radical (unpaired) electrons. The van der Waals surface area contributed by atoms with Crippen LogP contribution in [0, 0.1) is 39.9 Å². The van der Waals surface area contributed by atoms with Gasteiger partial charge < -0.3 is 60.3 Å². The van der Waals surface area contributed by atoms with Crippen LogP contribution < -0.4 is 36.0 Å². The summed E-state index contributed by atoms with van der Waals surface area (Å²) < 4.78 is 24.8. The van der Waals surface area contributed by atoms with Gasteiger partial charge in [-0.1, -0.05) is 34.1 Å². The normalized spacial score (nSPS) is 15.0. The number of likely N-dealkylation sites (N-methyl/N-ethyl adjacent to an activating group) is 2. The number of benzene rings is 6. The molecule has 0 aromatic heterocycles. The van der Waals surface area contributed by atoms with Crippen molar-refractivity contribution in [2.24, 2.45) is 0 Å². The molecule has 0 fully saturated rings. The monoisotopic (exact) mass is 1400 g/mol. The number of carbonyl (C=O) groups is 5. The van der Waals surface area contributed by atoms with Crippen molar-refractivity contribution in [2.75, 3.05) is 117 Å². The molecule has 23 nitrogen and oxygen atoms in total. The average Bonchev–Trinajstić information content (AvgIpc) is 1.83. The Bertz CT molecular complexity index is 3840. The van der Waals surface area contributed by atoms with Crippen LogP contribution in [-0.2, 0) is 29.0 Å². The van der Waals surface area contributed by atoms with E-state index >= 15 is 0 Å². The lowest BCUT2D eigenvalue weighted by molar-refractivity contribution is -0.385. The lowest BCUT2D eigenvalue weighted by atomic mass is 10.1. The molecule has 6 aromatic carbocycles. The lowest BCUT2D eigenvalue weighted by Gasteiger charge is -2.26.